The molecule has 0 aliphatic carbocycles. The molecule has 1 aromatic rings. The van der Waals surface area contributed by atoms with E-state index < -0.39 is 6.09 Å². The molecule has 0 fully saturated rings. The lowest BCUT2D eigenvalue weighted by molar-refractivity contribution is -0.120. The Morgan fingerprint density at radius 1 is 1.32 bits per heavy atom. The Kier molecular flexibility index (Phi) is 6.02. The van der Waals surface area contributed by atoms with E-state index in [9.17, 15) is 9.59 Å². The van der Waals surface area contributed by atoms with E-state index in [1.54, 1.807) is 0 Å². The van der Waals surface area contributed by atoms with E-state index in [1.165, 1.54) is 0 Å². The van der Waals surface area contributed by atoms with Crippen LogP contribution >= 0.6 is 11.6 Å². The highest BCUT2D eigenvalue weighted by atomic mass is 35.5. The average molecular weight is 326 g/mol. The average Bonchev–Trinajstić information content (AvgIpc) is 2.95. The van der Waals surface area contributed by atoms with Crippen molar-refractivity contribution in [1.82, 2.24) is 10.6 Å². The van der Waals surface area contributed by atoms with E-state index in [-0.39, 0.29) is 31.7 Å². The Balaban J connectivity index is 1.56. The summed E-state index contributed by atoms with van der Waals surface area (Å²) in [4.78, 5) is 28.0. The van der Waals surface area contributed by atoms with Crippen molar-refractivity contribution in [3.63, 3.8) is 0 Å². The second kappa shape index (κ2) is 8.23. The molecular weight excluding hydrogens is 310 g/mol. The van der Waals surface area contributed by atoms with Gasteiger partial charge in [0.1, 0.15) is 11.8 Å². The maximum Gasteiger partial charge on any atom is 0.407 e. The van der Waals surface area contributed by atoms with Gasteiger partial charge in [0.15, 0.2) is 6.10 Å². The predicted octanol–water partition coefficient (Wildman–Crippen LogP) is 1.37. The largest absolute Gasteiger partial charge is 0.445 e. The highest BCUT2D eigenvalue weighted by molar-refractivity contribution is 6.65. The van der Waals surface area contributed by atoms with Crippen LogP contribution in [0, 0.1) is 0 Å². The van der Waals surface area contributed by atoms with Crippen molar-refractivity contribution in [3.8, 4) is 0 Å². The molecule has 8 heteroatoms. The fourth-order valence-corrected chi connectivity index (χ4v) is 1.93. The number of carbonyl (C=O) groups excluding carboxylic acids is 2. The summed E-state index contributed by atoms with van der Waals surface area (Å²) in [6.45, 7) is 0.258. The molecule has 1 aliphatic heterocycles. The molecule has 2 amide bonds. The first-order valence-corrected chi connectivity index (χ1v) is 7.10. The number of benzene rings is 1. The van der Waals surface area contributed by atoms with Crippen molar-refractivity contribution in [3.05, 3.63) is 35.9 Å². The lowest BCUT2D eigenvalue weighted by atomic mass is 10.2. The molecule has 118 valence electrons. The maximum absolute atomic E-state index is 11.6. The Labute approximate surface area is 132 Å². The summed E-state index contributed by atoms with van der Waals surface area (Å²) in [6, 6.07) is 9.26. The van der Waals surface area contributed by atoms with Gasteiger partial charge in [-0.05, 0) is 5.56 Å². The topological polar surface area (TPSA) is 89.0 Å². The van der Waals surface area contributed by atoms with E-state index in [0.29, 0.717) is 11.6 Å². The monoisotopic (exact) mass is 325 g/mol. The highest BCUT2D eigenvalue weighted by Crippen LogP contribution is 2.11. The van der Waals surface area contributed by atoms with Crippen molar-refractivity contribution in [2.75, 3.05) is 13.1 Å². The zero-order chi connectivity index (χ0) is 15.8. The zero-order valence-electron chi connectivity index (χ0n) is 11.8. The number of carbonyl (C=O) groups is 2. The number of nitrogens with zero attached hydrogens (tertiary/aromatic N) is 1. The summed E-state index contributed by atoms with van der Waals surface area (Å²) in [5.74, 6) is -0.344. The van der Waals surface area contributed by atoms with Gasteiger partial charge in [-0.15, -0.1) is 0 Å². The van der Waals surface area contributed by atoms with Crippen LogP contribution in [-0.4, -0.2) is 36.4 Å². The van der Waals surface area contributed by atoms with Crippen molar-refractivity contribution in [2.24, 2.45) is 5.16 Å². The van der Waals surface area contributed by atoms with Crippen LogP contribution in [0.5, 0.6) is 0 Å². The SMILES string of the molecule is O=C(CNC(=O)OCc1ccccc1)NCC1CC(Cl)=NO1. The van der Waals surface area contributed by atoms with E-state index in [4.69, 9.17) is 21.2 Å². The number of alkyl carbamates (subject to hydrolysis) is 1. The normalized spacial score (nSPS) is 16.4. The quantitative estimate of drug-likeness (QED) is 0.826. The van der Waals surface area contributed by atoms with Gasteiger partial charge in [0.25, 0.3) is 0 Å². The fraction of sp³-hybridized carbons (Fsp3) is 0.357. The van der Waals surface area contributed by atoms with Crippen molar-refractivity contribution in [1.29, 1.82) is 0 Å². The van der Waals surface area contributed by atoms with Crippen LogP contribution in [0.15, 0.2) is 35.5 Å². The zero-order valence-corrected chi connectivity index (χ0v) is 12.5. The third-order valence-electron chi connectivity index (χ3n) is 2.83. The second-order valence-corrected chi connectivity index (χ2v) is 5.05. The summed E-state index contributed by atoms with van der Waals surface area (Å²) in [5.41, 5.74) is 0.873. The lowest BCUT2D eigenvalue weighted by Gasteiger charge is -2.10. The summed E-state index contributed by atoms with van der Waals surface area (Å²) in [7, 11) is 0. The molecule has 1 aliphatic rings. The first-order chi connectivity index (χ1) is 10.6. The number of hydrogen-bond acceptors (Lipinski definition) is 5. The molecular formula is C14H16ClN3O4. The number of oxime groups is 1. The Hall–Kier alpha value is -2.28. The molecule has 0 saturated carbocycles. The van der Waals surface area contributed by atoms with Crippen molar-refractivity contribution in [2.45, 2.75) is 19.1 Å². The molecule has 0 spiro atoms. The van der Waals surface area contributed by atoms with E-state index >= 15 is 0 Å². The van der Waals surface area contributed by atoms with Gasteiger partial charge >= 0.3 is 6.09 Å². The Bertz CT molecular complexity index is 550. The maximum atomic E-state index is 11.6. The third kappa shape index (κ3) is 5.61. The number of hydrogen-bond donors (Lipinski definition) is 2. The van der Waals surface area contributed by atoms with Crippen LogP contribution in [-0.2, 0) is 21.0 Å². The van der Waals surface area contributed by atoms with Crippen LogP contribution < -0.4 is 10.6 Å². The molecule has 0 aromatic heterocycles. The smallest absolute Gasteiger partial charge is 0.407 e. The second-order valence-electron chi connectivity index (χ2n) is 4.62. The van der Waals surface area contributed by atoms with Gasteiger partial charge in [-0.3, -0.25) is 4.79 Å². The van der Waals surface area contributed by atoms with E-state index in [1.807, 2.05) is 30.3 Å². The summed E-state index contributed by atoms with van der Waals surface area (Å²) >= 11 is 5.65. The number of halogens is 1. The molecule has 1 unspecified atom stereocenters. The van der Waals surface area contributed by atoms with Gasteiger partial charge in [0.05, 0.1) is 13.1 Å². The van der Waals surface area contributed by atoms with E-state index in [2.05, 4.69) is 15.8 Å². The van der Waals surface area contributed by atoms with Gasteiger partial charge in [-0.25, -0.2) is 4.79 Å². The van der Waals surface area contributed by atoms with Crippen molar-refractivity contribution < 1.29 is 19.2 Å². The van der Waals surface area contributed by atoms with Gasteiger partial charge < -0.3 is 20.2 Å². The molecule has 1 heterocycles. The molecule has 0 bridgehead atoms. The predicted molar refractivity (Wildman–Crippen MR) is 80.4 cm³/mol. The number of rotatable bonds is 6. The molecule has 0 radical (unpaired) electrons. The Morgan fingerprint density at radius 3 is 2.77 bits per heavy atom. The molecule has 2 N–H and O–H groups in total. The van der Waals surface area contributed by atoms with Crippen LogP contribution in [0.2, 0.25) is 0 Å². The number of ether oxygens (including phenoxy) is 1. The van der Waals surface area contributed by atoms with Gasteiger partial charge in [0.2, 0.25) is 5.91 Å². The minimum Gasteiger partial charge on any atom is -0.445 e. The fourth-order valence-electron chi connectivity index (χ4n) is 1.72. The first kappa shape index (κ1) is 16.1. The Morgan fingerprint density at radius 2 is 2.09 bits per heavy atom. The minimum absolute atomic E-state index is 0.153. The summed E-state index contributed by atoms with van der Waals surface area (Å²) in [5, 5.41) is 8.92. The number of amides is 2. The first-order valence-electron chi connectivity index (χ1n) is 6.73. The van der Waals surface area contributed by atoms with Crippen LogP contribution in [0.4, 0.5) is 4.79 Å². The molecule has 22 heavy (non-hydrogen) atoms. The summed E-state index contributed by atoms with van der Waals surface area (Å²) in [6.07, 6.45) is -0.446. The molecule has 7 nitrogen and oxygen atoms in total. The van der Waals surface area contributed by atoms with Crippen LogP contribution in [0.25, 0.3) is 0 Å². The molecule has 0 saturated heterocycles. The highest BCUT2D eigenvalue weighted by Gasteiger charge is 2.20. The van der Waals surface area contributed by atoms with Gasteiger partial charge in [0, 0.05) is 6.42 Å². The van der Waals surface area contributed by atoms with Gasteiger partial charge in [-0.1, -0.05) is 47.1 Å². The number of nitrogens with one attached hydrogen (secondary N) is 2. The lowest BCUT2D eigenvalue weighted by Crippen LogP contribution is -2.40. The summed E-state index contributed by atoms with van der Waals surface area (Å²) < 4.78 is 4.98. The van der Waals surface area contributed by atoms with E-state index in [0.717, 1.165) is 5.56 Å². The molecule has 1 atom stereocenters. The third-order valence-corrected chi connectivity index (χ3v) is 3.05. The molecule has 1 aromatic carbocycles. The van der Waals surface area contributed by atoms with Crippen molar-refractivity contribution >= 4 is 28.8 Å². The van der Waals surface area contributed by atoms with Crippen LogP contribution in [0.3, 0.4) is 0 Å². The minimum atomic E-state index is -0.650. The van der Waals surface area contributed by atoms with Crippen LogP contribution in [0.1, 0.15) is 12.0 Å². The van der Waals surface area contributed by atoms with Gasteiger partial charge in [-0.2, -0.15) is 0 Å². The molecule has 2 rings (SSSR count). The standard InChI is InChI=1S/C14H16ClN3O4/c15-12-6-11(22-18-12)7-16-13(19)8-17-14(20)21-9-10-4-2-1-3-5-10/h1-5,11H,6-9H2,(H,16,19)(H,17,20).